The van der Waals surface area contributed by atoms with E-state index in [1.54, 1.807) is 0 Å². The topological polar surface area (TPSA) is 104 Å². The fourth-order valence-electron chi connectivity index (χ4n) is 1.31. The Bertz CT molecular complexity index is 636. The summed E-state index contributed by atoms with van der Waals surface area (Å²) in [7, 11) is -4.21. The maximum Gasteiger partial charge on any atom is 1.00 e. The molecular formula is C11H9F2NaO6S. The molecule has 0 heterocycles. The van der Waals surface area contributed by atoms with Crippen molar-refractivity contribution >= 4 is 22.2 Å². The monoisotopic (exact) mass is 330 g/mol. The fraction of sp³-hybridized carbons (Fsp3) is 0.182. The summed E-state index contributed by atoms with van der Waals surface area (Å²) in [6.07, 6.45) is 1.90. The average Bonchev–Trinajstić information content (AvgIpc) is 2.33. The molecule has 0 bridgehead atoms. The number of carbonyl (C=O) groups excluding carboxylic acids is 1. The van der Waals surface area contributed by atoms with Crippen LogP contribution in [-0.2, 0) is 19.6 Å². The molecule has 0 aliphatic rings. The van der Waals surface area contributed by atoms with Gasteiger partial charge in [-0.15, -0.1) is 0 Å². The minimum Gasteiger partial charge on any atom is -0.746 e. The molecule has 0 aromatic heterocycles. The molecule has 0 saturated heterocycles. The van der Waals surface area contributed by atoms with Crippen molar-refractivity contribution in [1.82, 2.24) is 0 Å². The van der Waals surface area contributed by atoms with Gasteiger partial charge in [0.2, 0.25) is 0 Å². The van der Waals surface area contributed by atoms with Gasteiger partial charge in [0.05, 0.1) is 12.7 Å². The number of carbonyl (C=O) groups is 1. The third-order valence-electron chi connectivity index (χ3n) is 2.23. The van der Waals surface area contributed by atoms with Gasteiger partial charge in [-0.25, -0.2) is 22.0 Å². The van der Waals surface area contributed by atoms with E-state index in [2.05, 4.69) is 4.74 Å². The number of aliphatic hydroxyl groups excluding tert-OH is 1. The fourth-order valence-corrected chi connectivity index (χ4v) is 1.83. The van der Waals surface area contributed by atoms with Crippen LogP contribution in [0, 0.1) is 11.6 Å². The van der Waals surface area contributed by atoms with Crippen LogP contribution in [-0.4, -0.2) is 31.2 Å². The van der Waals surface area contributed by atoms with Crippen LogP contribution in [0.1, 0.15) is 16.6 Å². The zero-order valence-electron chi connectivity index (χ0n) is 11.0. The van der Waals surface area contributed by atoms with E-state index in [1.807, 2.05) is 0 Å². The Morgan fingerprint density at radius 3 is 2.24 bits per heavy atom. The number of benzene rings is 1. The summed E-state index contributed by atoms with van der Waals surface area (Å²) in [5.41, 5.74) is -4.24. The Balaban J connectivity index is 0.00000400. The van der Waals surface area contributed by atoms with Crippen LogP contribution in [0.2, 0.25) is 0 Å². The molecular weight excluding hydrogens is 321 g/mol. The molecule has 0 aliphatic carbocycles. The first-order chi connectivity index (χ1) is 9.16. The number of rotatable bonds is 4. The second-order valence-corrected chi connectivity index (χ2v) is 5.03. The summed E-state index contributed by atoms with van der Waals surface area (Å²) < 4.78 is 63.0. The van der Waals surface area contributed by atoms with Crippen LogP contribution in [0.15, 0.2) is 18.2 Å². The van der Waals surface area contributed by atoms with Crippen LogP contribution >= 0.6 is 0 Å². The third kappa shape index (κ3) is 5.46. The van der Waals surface area contributed by atoms with Crippen molar-refractivity contribution in [3.63, 3.8) is 0 Å². The first-order valence-corrected chi connectivity index (χ1v) is 6.51. The van der Waals surface area contributed by atoms with E-state index in [-0.39, 0.29) is 35.1 Å². The van der Waals surface area contributed by atoms with Gasteiger partial charge in [0.25, 0.3) is 0 Å². The average molecular weight is 330 g/mol. The van der Waals surface area contributed by atoms with E-state index in [0.29, 0.717) is 12.1 Å². The number of methoxy groups -OCH3 is 1. The van der Waals surface area contributed by atoms with Crippen LogP contribution < -0.4 is 29.6 Å². The minimum absolute atomic E-state index is 0. The van der Waals surface area contributed by atoms with Crippen molar-refractivity contribution in [2.75, 3.05) is 7.11 Å². The SMILES string of the molecule is COC(=O)/C=C/c1cc(F)c(C(O)S(=O)(=O)[O-])c(F)c1.[Na+]. The van der Waals surface area contributed by atoms with Crippen molar-refractivity contribution in [3.8, 4) is 0 Å². The summed E-state index contributed by atoms with van der Waals surface area (Å²) >= 11 is 0. The van der Waals surface area contributed by atoms with Gasteiger partial charge in [-0.3, -0.25) is 0 Å². The van der Waals surface area contributed by atoms with Gasteiger partial charge < -0.3 is 14.4 Å². The molecule has 6 nitrogen and oxygen atoms in total. The zero-order valence-corrected chi connectivity index (χ0v) is 13.9. The molecule has 10 heteroatoms. The van der Waals surface area contributed by atoms with Crippen molar-refractivity contribution in [2.45, 2.75) is 5.44 Å². The molecule has 21 heavy (non-hydrogen) atoms. The summed E-state index contributed by atoms with van der Waals surface area (Å²) in [5, 5.41) is 9.09. The number of esters is 1. The number of halogens is 2. The van der Waals surface area contributed by atoms with Crippen molar-refractivity contribution < 1.29 is 65.9 Å². The van der Waals surface area contributed by atoms with E-state index in [9.17, 15) is 26.5 Å². The molecule has 110 valence electrons. The Hall–Kier alpha value is -0.840. The molecule has 1 rings (SSSR count). The smallest absolute Gasteiger partial charge is 0.746 e. The largest absolute Gasteiger partial charge is 1.00 e. The second kappa shape index (κ2) is 7.97. The molecule has 0 aliphatic heterocycles. The standard InChI is InChI=1S/C11H10F2O6S.Na/c1-19-9(14)3-2-6-4-7(12)10(8(13)5-6)11(15)20(16,17)18;/h2-5,11,15H,1H3,(H,16,17,18);/q;+1/p-1/b3-2+;. The van der Waals surface area contributed by atoms with E-state index in [4.69, 9.17) is 5.11 Å². The number of hydrogen-bond donors (Lipinski definition) is 1. The third-order valence-corrected chi connectivity index (χ3v) is 3.02. The van der Waals surface area contributed by atoms with Crippen molar-refractivity contribution in [3.05, 3.63) is 41.0 Å². The molecule has 1 aromatic carbocycles. The van der Waals surface area contributed by atoms with Crippen LogP contribution in [0.3, 0.4) is 0 Å². The summed E-state index contributed by atoms with van der Waals surface area (Å²) in [6, 6.07) is 1.32. The van der Waals surface area contributed by atoms with Gasteiger partial charge in [0.1, 0.15) is 21.8 Å². The first-order valence-electron chi connectivity index (χ1n) is 5.04. The van der Waals surface area contributed by atoms with Crippen molar-refractivity contribution in [2.24, 2.45) is 0 Å². The number of hydrogen-bond acceptors (Lipinski definition) is 6. The van der Waals surface area contributed by atoms with Crippen LogP contribution in [0.25, 0.3) is 6.08 Å². The molecule has 1 unspecified atom stereocenters. The van der Waals surface area contributed by atoms with Gasteiger partial charge in [-0.1, -0.05) is 0 Å². The predicted molar refractivity (Wildman–Crippen MR) is 62.1 cm³/mol. The quantitative estimate of drug-likeness (QED) is 0.288. The van der Waals surface area contributed by atoms with Crippen LogP contribution in [0.4, 0.5) is 8.78 Å². The maximum atomic E-state index is 13.5. The van der Waals surface area contributed by atoms with E-state index >= 15 is 0 Å². The van der Waals surface area contributed by atoms with E-state index in [1.165, 1.54) is 0 Å². The zero-order chi connectivity index (χ0) is 15.5. The van der Waals surface area contributed by atoms with Crippen LogP contribution in [0.5, 0.6) is 0 Å². The van der Waals surface area contributed by atoms with E-state index in [0.717, 1.165) is 19.3 Å². The molecule has 0 saturated carbocycles. The molecule has 0 spiro atoms. The predicted octanol–water partition coefficient (Wildman–Crippen LogP) is -2.31. The Morgan fingerprint density at radius 2 is 1.86 bits per heavy atom. The Morgan fingerprint density at radius 1 is 1.38 bits per heavy atom. The summed E-state index contributed by atoms with van der Waals surface area (Å²) in [6.45, 7) is 0. The molecule has 1 atom stereocenters. The van der Waals surface area contributed by atoms with Crippen molar-refractivity contribution in [1.29, 1.82) is 0 Å². The number of aliphatic hydroxyl groups is 1. The minimum atomic E-state index is -5.31. The van der Waals surface area contributed by atoms with Gasteiger partial charge in [-0.05, 0) is 23.8 Å². The van der Waals surface area contributed by atoms with Gasteiger partial charge >= 0.3 is 35.5 Å². The second-order valence-electron chi connectivity index (χ2n) is 3.60. The van der Waals surface area contributed by atoms with E-state index < -0.39 is 38.7 Å². The molecule has 1 N–H and O–H groups in total. The Kier molecular flexibility index (Phi) is 7.65. The number of ether oxygens (including phenoxy) is 1. The molecule has 0 fully saturated rings. The summed E-state index contributed by atoms with van der Waals surface area (Å²) in [4.78, 5) is 10.8. The first kappa shape index (κ1) is 20.2. The van der Waals surface area contributed by atoms with Gasteiger partial charge in [-0.2, -0.15) is 0 Å². The Labute approximate surface area is 141 Å². The molecule has 0 amide bonds. The summed E-state index contributed by atoms with van der Waals surface area (Å²) in [5.74, 6) is -3.63. The maximum absolute atomic E-state index is 13.5. The molecule has 1 aromatic rings. The normalized spacial score (nSPS) is 12.8. The van der Waals surface area contributed by atoms with Gasteiger partial charge in [0, 0.05) is 6.08 Å². The van der Waals surface area contributed by atoms with Gasteiger partial charge in [0.15, 0.2) is 5.44 Å². The molecule has 0 radical (unpaired) electrons.